The molecule has 2 fully saturated rings. The van der Waals surface area contributed by atoms with Crippen LogP contribution >= 0.6 is 11.3 Å². The number of carbonyl (C=O) groups excluding carboxylic acids is 1. The van der Waals surface area contributed by atoms with Gasteiger partial charge in [-0.25, -0.2) is 18.4 Å². The highest BCUT2D eigenvalue weighted by Gasteiger charge is 2.41. The monoisotopic (exact) mass is 467 g/mol. The number of nitrogens with zero attached hydrogens (tertiary/aromatic N) is 5. The molecule has 8 nitrogen and oxygen atoms in total. The molecule has 5 rings (SSSR count). The van der Waals surface area contributed by atoms with E-state index in [4.69, 9.17) is 5.26 Å². The zero-order chi connectivity index (χ0) is 22.3. The Bertz CT molecular complexity index is 1300. The Morgan fingerprint density at radius 1 is 1.16 bits per heavy atom. The molecule has 2 aliphatic rings. The molecule has 1 amide bonds. The van der Waals surface area contributed by atoms with Crippen molar-refractivity contribution in [2.45, 2.75) is 36.2 Å². The molecule has 2 aromatic heterocycles. The molecule has 10 heteroatoms. The standard InChI is InChI=1S/C22H21N5O3S2/c23-10-15-4-5-16(11-24-15)27-17-6-7-18(27)13-26(12-17)21(28)8-9-32(29,30)20-3-1-2-19-22(20)31-14-25-19/h1-5,11,14,17-18H,6-9,12-13H2. The minimum Gasteiger partial charge on any atom is -0.361 e. The number of benzene rings is 1. The van der Waals surface area contributed by atoms with Crippen molar-refractivity contribution in [3.05, 3.63) is 47.7 Å². The Morgan fingerprint density at radius 2 is 1.94 bits per heavy atom. The third kappa shape index (κ3) is 3.72. The lowest BCUT2D eigenvalue weighted by molar-refractivity contribution is -0.131. The Balaban J connectivity index is 1.25. The number of amides is 1. The van der Waals surface area contributed by atoms with Gasteiger partial charge in [-0.2, -0.15) is 5.26 Å². The van der Waals surface area contributed by atoms with Crippen LogP contribution < -0.4 is 4.90 Å². The number of rotatable bonds is 5. The van der Waals surface area contributed by atoms with Crippen molar-refractivity contribution in [2.24, 2.45) is 0 Å². The molecule has 2 unspecified atom stereocenters. The molecule has 2 atom stereocenters. The molecule has 0 saturated carbocycles. The summed E-state index contributed by atoms with van der Waals surface area (Å²) in [7, 11) is -3.58. The highest BCUT2D eigenvalue weighted by Crippen LogP contribution is 2.35. The number of hydrogen-bond acceptors (Lipinski definition) is 8. The van der Waals surface area contributed by atoms with E-state index < -0.39 is 9.84 Å². The lowest BCUT2D eigenvalue weighted by Gasteiger charge is -2.42. The largest absolute Gasteiger partial charge is 0.361 e. The summed E-state index contributed by atoms with van der Waals surface area (Å²) in [6.07, 6.45) is 3.63. The number of thiazole rings is 1. The molecule has 0 N–H and O–H groups in total. The number of anilines is 1. The maximum absolute atomic E-state index is 12.9. The summed E-state index contributed by atoms with van der Waals surface area (Å²) in [6.45, 7) is 1.14. The average molecular weight is 468 g/mol. The number of sulfone groups is 1. The number of piperazine rings is 1. The number of aromatic nitrogens is 2. The normalized spacial score (nSPS) is 20.5. The summed E-state index contributed by atoms with van der Waals surface area (Å²) in [5, 5.41) is 8.96. The van der Waals surface area contributed by atoms with Crippen LogP contribution in [-0.4, -0.2) is 60.1 Å². The first-order valence-corrected chi connectivity index (χ1v) is 13.0. The Kier molecular flexibility index (Phi) is 5.31. The van der Waals surface area contributed by atoms with Crippen molar-refractivity contribution in [1.29, 1.82) is 5.26 Å². The first-order valence-electron chi connectivity index (χ1n) is 10.4. The lowest BCUT2D eigenvalue weighted by Crippen LogP contribution is -2.55. The van der Waals surface area contributed by atoms with Crippen LogP contribution in [0.25, 0.3) is 10.2 Å². The molecule has 1 aromatic carbocycles. The van der Waals surface area contributed by atoms with E-state index in [2.05, 4.69) is 14.9 Å². The Morgan fingerprint density at radius 3 is 2.62 bits per heavy atom. The quantitative estimate of drug-likeness (QED) is 0.568. The van der Waals surface area contributed by atoms with Gasteiger partial charge in [0.05, 0.1) is 38.3 Å². The summed E-state index contributed by atoms with van der Waals surface area (Å²) in [6, 6.07) is 11.1. The number of pyridine rings is 1. The highest BCUT2D eigenvalue weighted by molar-refractivity contribution is 7.91. The molecular weight excluding hydrogens is 446 g/mol. The summed E-state index contributed by atoms with van der Waals surface area (Å²) >= 11 is 1.30. The van der Waals surface area contributed by atoms with Gasteiger partial charge in [-0.3, -0.25) is 4.79 Å². The van der Waals surface area contributed by atoms with Crippen molar-refractivity contribution in [1.82, 2.24) is 14.9 Å². The fourth-order valence-electron chi connectivity index (χ4n) is 4.73. The average Bonchev–Trinajstić information content (AvgIpc) is 3.39. The van der Waals surface area contributed by atoms with Gasteiger partial charge in [0.2, 0.25) is 5.91 Å². The van der Waals surface area contributed by atoms with E-state index in [1.807, 2.05) is 12.1 Å². The number of nitriles is 1. The van der Waals surface area contributed by atoms with Crippen molar-refractivity contribution in [3.63, 3.8) is 0 Å². The number of fused-ring (bicyclic) bond motifs is 3. The molecule has 2 bridgehead atoms. The van der Waals surface area contributed by atoms with E-state index >= 15 is 0 Å². The first kappa shape index (κ1) is 20.8. The number of hydrogen-bond donors (Lipinski definition) is 0. The maximum atomic E-state index is 12.9. The Labute approximate surface area is 190 Å². The van der Waals surface area contributed by atoms with Gasteiger partial charge in [-0.1, -0.05) is 6.07 Å². The second-order valence-corrected chi connectivity index (χ2v) is 11.1. The molecular formula is C22H21N5O3S2. The van der Waals surface area contributed by atoms with Crippen molar-refractivity contribution >= 4 is 43.0 Å². The van der Waals surface area contributed by atoms with Crippen LogP contribution in [0.2, 0.25) is 0 Å². The predicted octanol–water partition coefficient (Wildman–Crippen LogP) is 2.61. The van der Waals surface area contributed by atoms with Crippen molar-refractivity contribution in [3.8, 4) is 6.07 Å². The van der Waals surface area contributed by atoms with Gasteiger partial charge in [0.25, 0.3) is 0 Å². The molecule has 0 radical (unpaired) electrons. The zero-order valence-corrected chi connectivity index (χ0v) is 18.8. The maximum Gasteiger partial charge on any atom is 0.223 e. The predicted molar refractivity (Wildman–Crippen MR) is 121 cm³/mol. The van der Waals surface area contributed by atoms with Gasteiger partial charge in [-0.15, -0.1) is 11.3 Å². The Hall–Kier alpha value is -3.03. The van der Waals surface area contributed by atoms with E-state index in [-0.39, 0.29) is 35.1 Å². The fraction of sp³-hybridized carbons (Fsp3) is 0.364. The van der Waals surface area contributed by atoms with Crippen LogP contribution in [0.4, 0.5) is 5.69 Å². The minimum absolute atomic E-state index is 0.0324. The second-order valence-electron chi connectivity index (χ2n) is 8.13. The lowest BCUT2D eigenvalue weighted by atomic mass is 10.1. The van der Waals surface area contributed by atoms with E-state index in [1.165, 1.54) is 11.3 Å². The van der Waals surface area contributed by atoms with E-state index in [0.29, 0.717) is 29.0 Å². The van der Waals surface area contributed by atoms with Crippen molar-refractivity contribution < 1.29 is 13.2 Å². The SMILES string of the molecule is N#Cc1ccc(N2C3CCC2CN(C(=O)CCS(=O)(=O)c2cccc4ncsc24)C3)cn1. The molecule has 2 aliphatic heterocycles. The van der Waals surface area contributed by atoms with E-state index in [1.54, 1.807) is 40.9 Å². The van der Waals surface area contributed by atoms with Crippen LogP contribution in [0, 0.1) is 11.3 Å². The molecule has 0 spiro atoms. The summed E-state index contributed by atoms with van der Waals surface area (Å²) in [4.78, 5) is 25.6. The minimum atomic E-state index is -3.58. The van der Waals surface area contributed by atoms with Crippen LogP contribution in [0.1, 0.15) is 25.0 Å². The van der Waals surface area contributed by atoms with E-state index in [0.717, 1.165) is 18.5 Å². The molecule has 32 heavy (non-hydrogen) atoms. The number of carbonyl (C=O) groups is 1. The third-order valence-electron chi connectivity index (χ3n) is 6.24. The molecule has 164 valence electrons. The van der Waals surface area contributed by atoms with Gasteiger partial charge < -0.3 is 9.80 Å². The highest BCUT2D eigenvalue weighted by atomic mass is 32.2. The number of likely N-dealkylation sites (tertiary alicyclic amines) is 1. The third-order valence-corrected chi connectivity index (χ3v) is 8.99. The van der Waals surface area contributed by atoms with Crippen LogP contribution in [0.3, 0.4) is 0 Å². The van der Waals surface area contributed by atoms with Crippen LogP contribution in [0.15, 0.2) is 46.9 Å². The first-order chi connectivity index (χ1) is 15.5. The van der Waals surface area contributed by atoms with Gasteiger partial charge in [0, 0.05) is 31.6 Å². The molecule has 0 aliphatic carbocycles. The van der Waals surface area contributed by atoms with E-state index in [9.17, 15) is 13.2 Å². The topological polar surface area (TPSA) is 107 Å². The molecule has 2 saturated heterocycles. The fourth-order valence-corrected chi connectivity index (χ4v) is 7.29. The molecule has 3 aromatic rings. The summed E-state index contributed by atoms with van der Waals surface area (Å²) in [5.74, 6) is -0.336. The van der Waals surface area contributed by atoms with Gasteiger partial charge in [0.15, 0.2) is 9.84 Å². The van der Waals surface area contributed by atoms with Gasteiger partial charge in [0.1, 0.15) is 11.8 Å². The van der Waals surface area contributed by atoms with Gasteiger partial charge >= 0.3 is 0 Å². The second kappa shape index (κ2) is 8.15. The van der Waals surface area contributed by atoms with Crippen LogP contribution in [-0.2, 0) is 14.6 Å². The summed E-state index contributed by atoms with van der Waals surface area (Å²) in [5.41, 5.74) is 3.63. The van der Waals surface area contributed by atoms with Crippen LogP contribution in [0.5, 0.6) is 0 Å². The summed E-state index contributed by atoms with van der Waals surface area (Å²) < 4.78 is 26.5. The zero-order valence-electron chi connectivity index (χ0n) is 17.2. The smallest absolute Gasteiger partial charge is 0.223 e. The van der Waals surface area contributed by atoms with Crippen molar-refractivity contribution in [2.75, 3.05) is 23.7 Å². The molecule has 4 heterocycles. The van der Waals surface area contributed by atoms with Gasteiger partial charge in [-0.05, 0) is 37.1 Å².